The van der Waals surface area contributed by atoms with Crippen molar-refractivity contribution in [2.45, 2.75) is 25.8 Å². The minimum Gasteiger partial charge on any atom is -0.493 e. The molecule has 0 unspecified atom stereocenters. The summed E-state index contributed by atoms with van der Waals surface area (Å²) in [6.45, 7) is 3.33. The molecule has 0 fully saturated rings. The SMILES string of the molecule is COc1cc([C@@H]2C(C#N)=C(N)Oc3cc(C)n(CCCN(C)C)c(=O)c32)cc2c1OCO2. The van der Waals surface area contributed by atoms with Crippen molar-refractivity contribution in [2.24, 2.45) is 5.73 Å². The van der Waals surface area contributed by atoms with Crippen LogP contribution in [-0.4, -0.2) is 44.0 Å². The molecule has 2 aliphatic heterocycles. The predicted molar refractivity (Wildman–Crippen MR) is 117 cm³/mol. The van der Waals surface area contributed by atoms with E-state index in [1.165, 1.54) is 7.11 Å². The third-order valence-electron chi connectivity index (χ3n) is 5.69. The number of allylic oxidation sites excluding steroid dienone is 1. The Hall–Kier alpha value is -3.64. The third-order valence-corrected chi connectivity index (χ3v) is 5.69. The minimum absolute atomic E-state index is 0.0224. The number of fused-ring (bicyclic) bond motifs is 2. The van der Waals surface area contributed by atoms with Crippen LogP contribution in [-0.2, 0) is 6.54 Å². The number of benzene rings is 1. The van der Waals surface area contributed by atoms with Crippen LogP contribution < -0.4 is 30.2 Å². The molecule has 9 nitrogen and oxygen atoms in total. The van der Waals surface area contributed by atoms with Gasteiger partial charge in [-0.25, -0.2) is 0 Å². The number of nitrogens with zero attached hydrogens (tertiary/aromatic N) is 3. The molecule has 0 radical (unpaired) electrons. The largest absolute Gasteiger partial charge is 0.493 e. The van der Waals surface area contributed by atoms with Crippen molar-refractivity contribution >= 4 is 0 Å². The number of nitriles is 1. The molecule has 3 heterocycles. The van der Waals surface area contributed by atoms with Gasteiger partial charge in [-0.3, -0.25) is 4.79 Å². The summed E-state index contributed by atoms with van der Waals surface area (Å²) in [5.74, 6) is 1.05. The molecule has 9 heteroatoms. The van der Waals surface area contributed by atoms with Gasteiger partial charge in [0, 0.05) is 18.3 Å². The van der Waals surface area contributed by atoms with Gasteiger partial charge < -0.3 is 34.1 Å². The van der Waals surface area contributed by atoms with Gasteiger partial charge in [0.2, 0.25) is 18.4 Å². The van der Waals surface area contributed by atoms with Gasteiger partial charge in [-0.1, -0.05) is 0 Å². The number of hydrogen-bond donors (Lipinski definition) is 1. The average Bonchev–Trinajstić information content (AvgIpc) is 3.23. The summed E-state index contributed by atoms with van der Waals surface area (Å²) in [6.07, 6.45) is 0.805. The zero-order chi connectivity index (χ0) is 23.0. The lowest BCUT2D eigenvalue weighted by molar-refractivity contribution is 0.171. The summed E-state index contributed by atoms with van der Waals surface area (Å²) < 4.78 is 23.9. The number of hydrogen-bond acceptors (Lipinski definition) is 8. The summed E-state index contributed by atoms with van der Waals surface area (Å²) in [4.78, 5) is 15.7. The van der Waals surface area contributed by atoms with Crippen molar-refractivity contribution in [3.05, 3.63) is 56.8 Å². The Morgan fingerprint density at radius 2 is 2.06 bits per heavy atom. The first-order valence-electron chi connectivity index (χ1n) is 10.3. The monoisotopic (exact) mass is 438 g/mol. The number of rotatable bonds is 6. The van der Waals surface area contributed by atoms with Crippen molar-refractivity contribution in [3.8, 4) is 29.1 Å². The quantitative estimate of drug-likeness (QED) is 0.730. The highest BCUT2D eigenvalue weighted by Gasteiger charge is 2.36. The Morgan fingerprint density at radius 3 is 2.75 bits per heavy atom. The fourth-order valence-corrected chi connectivity index (χ4v) is 4.16. The lowest BCUT2D eigenvalue weighted by atomic mass is 9.83. The van der Waals surface area contributed by atoms with Gasteiger partial charge in [0.05, 0.1) is 18.6 Å². The van der Waals surface area contributed by atoms with Gasteiger partial charge in [0.15, 0.2) is 11.5 Å². The van der Waals surface area contributed by atoms with Gasteiger partial charge in [-0.15, -0.1) is 0 Å². The lowest BCUT2D eigenvalue weighted by Crippen LogP contribution is -2.33. The van der Waals surface area contributed by atoms with Crippen LogP contribution in [0.4, 0.5) is 0 Å². The van der Waals surface area contributed by atoms with E-state index in [2.05, 4.69) is 11.0 Å². The summed E-state index contributed by atoms with van der Waals surface area (Å²) >= 11 is 0. The van der Waals surface area contributed by atoms with Gasteiger partial charge >= 0.3 is 0 Å². The zero-order valence-electron chi connectivity index (χ0n) is 18.6. The number of methoxy groups -OCH3 is 1. The van der Waals surface area contributed by atoms with Gasteiger partial charge in [0.25, 0.3) is 5.56 Å². The number of aryl methyl sites for hydroxylation is 1. The predicted octanol–water partition coefficient (Wildman–Crippen LogP) is 2.06. The van der Waals surface area contributed by atoms with Crippen LogP contribution in [0.2, 0.25) is 0 Å². The molecule has 0 spiro atoms. The van der Waals surface area contributed by atoms with Crippen LogP contribution in [0.1, 0.15) is 29.2 Å². The molecular formula is C23H26N4O5. The maximum Gasteiger partial charge on any atom is 0.258 e. The van der Waals surface area contributed by atoms with Crippen molar-refractivity contribution in [2.75, 3.05) is 34.5 Å². The van der Waals surface area contributed by atoms with E-state index in [9.17, 15) is 10.1 Å². The van der Waals surface area contributed by atoms with E-state index >= 15 is 0 Å². The average molecular weight is 438 g/mol. The van der Waals surface area contributed by atoms with Crippen LogP contribution in [0.15, 0.2) is 34.4 Å². The first-order valence-corrected chi connectivity index (χ1v) is 10.3. The molecule has 2 aliphatic rings. The molecular weight excluding hydrogens is 412 g/mol. The summed E-state index contributed by atoms with van der Waals surface area (Å²) in [7, 11) is 5.51. The molecule has 0 saturated carbocycles. The molecule has 1 atom stereocenters. The molecule has 2 aromatic rings. The number of nitrogens with two attached hydrogens (primary N) is 1. The molecule has 2 N–H and O–H groups in total. The van der Waals surface area contributed by atoms with Crippen LogP contribution in [0.25, 0.3) is 0 Å². The first kappa shape index (κ1) is 21.6. The van der Waals surface area contributed by atoms with Crippen molar-refractivity contribution in [1.29, 1.82) is 5.26 Å². The Kier molecular flexibility index (Phi) is 5.72. The van der Waals surface area contributed by atoms with E-state index in [4.69, 9.17) is 24.7 Å². The Bertz CT molecular complexity index is 1190. The maximum absolute atomic E-state index is 13.7. The highest BCUT2D eigenvalue weighted by Crippen LogP contribution is 2.47. The number of ether oxygens (including phenoxy) is 4. The second-order valence-corrected chi connectivity index (χ2v) is 8.06. The highest BCUT2D eigenvalue weighted by atomic mass is 16.7. The van der Waals surface area contributed by atoms with E-state index in [0.29, 0.717) is 40.7 Å². The lowest BCUT2D eigenvalue weighted by Gasteiger charge is -2.27. The second-order valence-electron chi connectivity index (χ2n) is 8.06. The summed E-state index contributed by atoms with van der Waals surface area (Å²) in [5.41, 5.74) is 7.83. The fourth-order valence-electron chi connectivity index (χ4n) is 4.16. The van der Waals surface area contributed by atoms with E-state index < -0.39 is 5.92 Å². The van der Waals surface area contributed by atoms with Crippen LogP contribution in [0.3, 0.4) is 0 Å². The molecule has 0 bridgehead atoms. The zero-order valence-corrected chi connectivity index (χ0v) is 18.6. The Balaban J connectivity index is 1.89. The molecule has 32 heavy (non-hydrogen) atoms. The van der Waals surface area contributed by atoms with Crippen LogP contribution in [0, 0.1) is 18.3 Å². The van der Waals surface area contributed by atoms with E-state index in [0.717, 1.165) is 18.7 Å². The minimum atomic E-state index is -0.722. The van der Waals surface area contributed by atoms with Gasteiger partial charge in [-0.05, 0) is 51.7 Å². The molecule has 4 rings (SSSR count). The molecule has 0 saturated heterocycles. The standard InChI is InChI=1S/C23H26N4O5/c1-13-8-16-20(23(28)27(13)7-5-6-26(2)3)19(15(11-24)22(25)32-16)14-9-17(29-4)21-18(10-14)30-12-31-21/h8-10,19H,5-7,12,25H2,1-4H3/t19-/m1/s1. The topological polar surface area (TPSA) is 112 Å². The van der Waals surface area contributed by atoms with Gasteiger partial charge in [0.1, 0.15) is 17.4 Å². The fraction of sp³-hybridized carbons (Fsp3) is 0.391. The molecule has 1 aromatic heterocycles. The Morgan fingerprint density at radius 1 is 1.28 bits per heavy atom. The number of aromatic nitrogens is 1. The van der Waals surface area contributed by atoms with E-state index in [1.807, 2.05) is 21.0 Å². The normalized spacial score (nSPS) is 16.6. The third kappa shape index (κ3) is 3.63. The van der Waals surface area contributed by atoms with Crippen molar-refractivity contribution in [1.82, 2.24) is 9.47 Å². The molecule has 0 amide bonds. The van der Waals surface area contributed by atoms with Crippen LogP contribution in [0.5, 0.6) is 23.0 Å². The Labute approximate surface area is 186 Å². The second kappa shape index (κ2) is 8.48. The first-order chi connectivity index (χ1) is 15.3. The highest BCUT2D eigenvalue weighted by molar-refractivity contribution is 5.61. The molecule has 1 aromatic carbocycles. The van der Waals surface area contributed by atoms with Crippen LogP contribution >= 0.6 is 0 Å². The molecule has 168 valence electrons. The van der Waals surface area contributed by atoms with Crippen molar-refractivity contribution < 1.29 is 18.9 Å². The maximum atomic E-state index is 13.7. The summed E-state index contributed by atoms with van der Waals surface area (Å²) in [5, 5.41) is 9.89. The number of pyridine rings is 1. The van der Waals surface area contributed by atoms with Gasteiger partial charge in [-0.2, -0.15) is 5.26 Å². The molecule has 0 aliphatic carbocycles. The van der Waals surface area contributed by atoms with Crippen molar-refractivity contribution in [3.63, 3.8) is 0 Å². The van der Waals surface area contributed by atoms with E-state index in [-0.39, 0.29) is 23.8 Å². The smallest absolute Gasteiger partial charge is 0.258 e. The summed E-state index contributed by atoms with van der Waals surface area (Å²) in [6, 6.07) is 7.42. The van der Waals surface area contributed by atoms with E-state index in [1.54, 1.807) is 22.8 Å².